The predicted octanol–water partition coefficient (Wildman–Crippen LogP) is 2.64. The summed E-state index contributed by atoms with van der Waals surface area (Å²) in [7, 11) is 1.96. The van der Waals surface area contributed by atoms with Crippen LogP contribution in [0.5, 0.6) is 0 Å². The number of hydrogen-bond donors (Lipinski definition) is 1. The lowest BCUT2D eigenvalue weighted by Gasteiger charge is -2.11. The Morgan fingerprint density at radius 1 is 1.38 bits per heavy atom. The van der Waals surface area contributed by atoms with Crippen LogP contribution in [0.25, 0.3) is 5.52 Å². The van der Waals surface area contributed by atoms with Gasteiger partial charge in [-0.25, -0.2) is 4.52 Å². The molecule has 1 unspecified atom stereocenters. The predicted molar refractivity (Wildman–Crippen MR) is 86.1 cm³/mol. The Bertz CT molecular complexity index is 774. The van der Waals surface area contributed by atoms with Gasteiger partial charge in [0.05, 0.1) is 27.6 Å². The highest BCUT2D eigenvalue weighted by Gasteiger charge is 2.18. The minimum Gasteiger partial charge on any atom is -0.324 e. The standard InChI is InChI=1S/C15H18BrN5/c1-3-12-15(16)14(20(2)19-12)8-11(17)10-9-18-21-7-5-4-6-13(10)21/h4-7,9,11H,3,8,17H2,1-2H3. The van der Waals surface area contributed by atoms with Crippen LogP contribution in [0.3, 0.4) is 0 Å². The number of rotatable bonds is 4. The van der Waals surface area contributed by atoms with E-state index in [0.29, 0.717) is 0 Å². The van der Waals surface area contributed by atoms with Crippen molar-refractivity contribution in [2.45, 2.75) is 25.8 Å². The Labute approximate surface area is 131 Å². The van der Waals surface area contributed by atoms with Gasteiger partial charge in [0.25, 0.3) is 0 Å². The molecule has 3 rings (SSSR count). The second kappa shape index (κ2) is 5.61. The fourth-order valence-corrected chi connectivity index (χ4v) is 3.38. The molecular weight excluding hydrogens is 330 g/mol. The lowest BCUT2D eigenvalue weighted by Crippen LogP contribution is -2.15. The van der Waals surface area contributed by atoms with E-state index in [2.05, 4.69) is 33.1 Å². The Morgan fingerprint density at radius 2 is 2.19 bits per heavy atom. The van der Waals surface area contributed by atoms with Gasteiger partial charge in [0.2, 0.25) is 0 Å². The van der Waals surface area contributed by atoms with Crippen molar-refractivity contribution >= 4 is 21.4 Å². The molecule has 0 saturated carbocycles. The summed E-state index contributed by atoms with van der Waals surface area (Å²) in [4.78, 5) is 0. The molecule has 0 fully saturated rings. The molecule has 2 N–H and O–H groups in total. The third kappa shape index (κ3) is 2.49. The van der Waals surface area contributed by atoms with Crippen molar-refractivity contribution in [1.29, 1.82) is 0 Å². The van der Waals surface area contributed by atoms with Gasteiger partial charge in [-0.15, -0.1) is 0 Å². The van der Waals surface area contributed by atoms with Crippen LogP contribution in [0.4, 0.5) is 0 Å². The normalized spacial score (nSPS) is 13.0. The van der Waals surface area contributed by atoms with Crippen molar-refractivity contribution in [2.24, 2.45) is 12.8 Å². The summed E-state index contributed by atoms with van der Waals surface area (Å²) in [6.45, 7) is 2.10. The van der Waals surface area contributed by atoms with Crippen LogP contribution >= 0.6 is 15.9 Å². The summed E-state index contributed by atoms with van der Waals surface area (Å²) in [5.74, 6) is 0. The molecule has 0 spiro atoms. The molecule has 3 aromatic heterocycles. The number of halogens is 1. The van der Waals surface area contributed by atoms with Crippen LogP contribution < -0.4 is 5.73 Å². The third-order valence-electron chi connectivity index (χ3n) is 3.77. The number of fused-ring (bicyclic) bond motifs is 1. The molecular formula is C15H18BrN5. The molecule has 110 valence electrons. The van der Waals surface area contributed by atoms with Gasteiger partial charge in [0, 0.05) is 31.3 Å². The Kier molecular flexibility index (Phi) is 3.82. The van der Waals surface area contributed by atoms with E-state index >= 15 is 0 Å². The van der Waals surface area contributed by atoms with E-state index in [1.165, 1.54) is 0 Å². The van der Waals surface area contributed by atoms with Gasteiger partial charge in [0.15, 0.2) is 0 Å². The molecule has 5 nitrogen and oxygen atoms in total. The first-order chi connectivity index (χ1) is 10.1. The van der Waals surface area contributed by atoms with E-state index in [4.69, 9.17) is 5.73 Å². The maximum atomic E-state index is 6.41. The zero-order valence-electron chi connectivity index (χ0n) is 12.1. The first kappa shape index (κ1) is 14.3. The van der Waals surface area contributed by atoms with Crippen LogP contribution in [-0.2, 0) is 19.9 Å². The number of aryl methyl sites for hydroxylation is 2. The van der Waals surface area contributed by atoms with Crippen molar-refractivity contribution < 1.29 is 0 Å². The highest BCUT2D eigenvalue weighted by Crippen LogP contribution is 2.27. The van der Waals surface area contributed by atoms with Crippen molar-refractivity contribution in [3.8, 4) is 0 Å². The molecule has 0 radical (unpaired) electrons. The minimum absolute atomic E-state index is 0.110. The van der Waals surface area contributed by atoms with E-state index in [1.54, 1.807) is 0 Å². The highest BCUT2D eigenvalue weighted by molar-refractivity contribution is 9.10. The van der Waals surface area contributed by atoms with Crippen LogP contribution in [0.1, 0.15) is 29.9 Å². The maximum Gasteiger partial charge on any atom is 0.0766 e. The van der Waals surface area contributed by atoms with Gasteiger partial charge in [-0.05, 0) is 34.5 Å². The van der Waals surface area contributed by atoms with Crippen LogP contribution in [0.15, 0.2) is 35.1 Å². The third-order valence-corrected chi connectivity index (χ3v) is 4.69. The number of nitrogens with two attached hydrogens (primary N) is 1. The largest absolute Gasteiger partial charge is 0.324 e. The maximum absolute atomic E-state index is 6.41. The minimum atomic E-state index is -0.110. The zero-order valence-corrected chi connectivity index (χ0v) is 13.7. The fourth-order valence-electron chi connectivity index (χ4n) is 2.60. The van der Waals surface area contributed by atoms with Gasteiger partial charge in [-0.1, -0.05) is 13.0 Å². The number of hydrogen-bond acceptors (Lipinski definition) is 3. The van der Waals surface area contributed by atoms with Crippen molar-refractivity contribution in [3.05, 3.63) is 52.0 Å². The summed E-state index contributed by atoms with van der Waals surface area (Å²) in [5, 5.41) is 8.87. The van der Waals surface area contributed by atoms with Crippen molar-refractivity contribution in [1.82, 2.24) is 19.4 Å². The van der Waals surface area contributed by atoms with Gasteiger partial charge < -0.3 is 5.73 Å². The molecule has 1 atom stereocenters. The SMILES string of the molecule is CCc1nn(C)c(CC(N)c2cnn3ccccc23)c1Br. The van der Waals surface area contributed by atoms with E-state index in [-0.39, 0.29) is 6.04 Å². The first-order valence-electron chi connectivity index (χ1n) is 7.00. The van der Waals surface area contributed by atoms with Gasteiger partial charge in [-0.3, -0.25) is 4.68 Å². The Morgan fingerprint density at radius 3 is 2.90 bits per heavy atom. The topological polar surface area (TPSA) is 61.1 Å². The molecule has 3 heterocycles. The van der Waals surface area contributed by atoms with Gasteiger partial charge >= 0.3 is 0 Å². The fraction of sp³-hybridized carbons (Fsp3) is 0.333. The van der Waals surface area contributed by atoms with E-state index in [1.807, 2.05) is 46.8 Å². The molecule has 0 aliphatic heterocycles. The number of nitrogens with zero attached hydrogens (tertiary/aromatic N) is 4. The van der Waals surface area contributed by atoms with Crippen LogP contribution in [0.2, 0.25) is 0 Å². The second-order valence-corrected chi connectivity index (χ2v) is 5.92. The summed E-state index contributed by atoms with van der Waals surface area (Å²) >= 11 is 3.64. The highest BCUT2D eigenvalue weighted by atomic mass is 79.9. The van der Waals surface area contributed by atoms with Gasteiger partial charge in [-0.2, -0.15) is 10.2 Å². The molecule has 6 heteroatoms. The summed E-state index contributed by atoms with van der Waals surface area (Å²) in [6.07, 6.45) is 5.41. The second-order valence-electron chi connectivity index (χ2n) is 5.13. The molecule has 0 bridgehead atoms. The summed E-state index contributed by atoms with van der Waals surface area (Å²) in [5.41, 5.74) is 10.7. The van der Waals surface area contributed by atoms with Crippen molar-refractivity contribution in [3.63, 3.8) is 0 Å². The zero-order chi connectivity index (χ0) is 15.0. The van der Waals surface area contributed by atoms with Gasteiger partial charge in [0.1, 0.15) is 0 Å². The quantitative estimate of drug-likeness (QED) is 0.789. The average molecular weight is 348 g/mol. The number of pyridine rings is 1. The molecule has 0 aromatic carbocycles. The monoisotopic (exact) mass is 347 g/mol. The smallest absolute Gasteiger partial charge is 0.0766 e. The summed E-state index contributed by atoms with van der Waals surface area (Å²) < 4.78 is 4.83. The average Bonchev–Trinajstić information content (AvgIpc) is 3.03. The van der Waals surface area contributed by atoms with E-state index < -0.39 is 0 Å². The first-order valence-corrected chi connectivity index (χ1v) is 7.79. The Balaban J connectivity index is 1.93. The van der Waals surface area contributed by atoms with Crippen molar-refractivity contribution in [2.75, 3.05) is 0 Å². The Hall–Kier alpha value is -1.66. The van der Waals surface area contributed by atoms with E-state index in [9.17, 15) is 0 Å². The summed E-state index contributed by atoms with van der Waals surface area (Å²) in [6, 6.07) is 5.89. The molecule has 0 aliphatic carbocycles. The lowest BCUT2D eigenvalue weighted by molar-refractivity contribution is 0.639. The lowest BCUT2D eigenvalue weighted by atomic mass is 10.0. The van der Waals surface area contributed by atoms with Crippen LogP contribution in [0, 0.1) is 0 Å². The molecule has 0 amide bonds. The van der Waals surface area contributed by atoms with E-state index in [0.717, 1.165) is 39.8 Å². The number of aromatic nitrogens is 4. The molecule has 0 aliphatic rings. The van der Waals surface area contributed by atoms with Crippen LogP contribution in [-0.4, -0.2) is 19.4 Å². The molecule has 21 heavy (non-hydrogen) atoms. The molecule has 3 aromatic rings. The molecule has 0 saturated heterocycles.